The third kappa shape index (κ3) is 2.98. The SMILES string of the molecule is NC(=O)C(O)CNC(=O)c1ccc(F)c(F)c1F. The molecule has 0 heterocycles. The largest absolute Gasteiger partial charge is 0.381 e. The first-order chi connectivity index (χ1) is 8.34. The molecule has 1 aromatic rings. The zero-order valence-corrected chi connectivity index (χ0v) is 8.91. The first kappa shape index (κ1) is 14.0. The molecule has 0 radical (unpaired) electrons. The lowest BCUT2D eigenvalue weighted by Crippen LogP contribution is -2.40. The van der Waals surface area contributed by atoms with Gasteiger partial charge in [0.15, 0.2) is 17.5 Å². The third-order valence-corrected chi connectivity index (χ3v) is 2.06. The van der Waals surface area contributed by atoms with Crippen LogP contribution < -0.4 is 11.1 Å². The van der Waals surface area contributed by atoms with Crippen LogP contribution in [0.3, 0.4) is 0 Å². The Morgan fingerprint density at radius 1 is 1.28 bits per heavy atom. The van der Waals surface area contributed by atoms with Crippen molar-refractivity contribution in [3.05, 3.63) is 35.1 Å². The maximum Gasteiger partial charge on any atom is 0.254 e. The summed E-state index contributed by atoms with van der Waals surface area (Å²) in [5.41, 5.74) is 3.97. The number of aliphatic hydroxyl groups excluding tert-OH is 1. The van der Waals surface area contributed by atoms with Crippen LogP contribution in [-0.2, 0) is 4.79 Å². The molecular formula is C10H9F3N2O3. The summed E-state index contributed by atoms with van der Waals surface area (Å²) in [5.74, 6) is -7.05. The molecule has 2 amide bonds. The maximum atomic E-state index is 13.2. The zero-order chi connectivity index (χ0) is 13.9. The van der Waals surface area contributed by atoms with Crippen LogP contribution in [0.15, 0.2) is 12.1 Å². The van der Waals surface area contributed by atoms with Gasteiger partial charge >= 0.3 is 0 Å². The smallest absolute Gasteiger partial charge is 0.254 e. The average molecular weight is 262 g/mol. The van der Waals surface area contributed by atoms with E-state index in [1.54, 1.807) is 0 Å². The van der Waals surface area contributed by atoms with Gasteiger partial charge in [-0.1, -0.05) is 0 Å². The first-order valence-corrected chi connectivity index (χ1v) is 4.73. The van der Waals surface area contributed by atoms with Gasteiger partial charge in [0.25, 0.3) is 5.91 Å². The van der Waals surface area contributed by atoms with Gasteiger partial charge in [-0.25, -0.2) is 13.2 Å². The van der Waals surface area contributed by atoms with E-state index < -0.39 is 47.5 Å². The number of halogens is 3. The molecule has 1 rings (SSSR count). The number of benzene rings is 1. The Labute approximate surface area is 99.4 Å². The van der Waals surface area contributed by atoms with Crippen LogP contribution in [0.4, 0.5) is 13.2 Å². The number of carbonyl (C=O) groups is 2. The Morgan fingerprint density at radius 2 is 1.89 bits per heavy atom. The molecular weight excluding hydrogens is 253 g/mol. The number of carbonyl (C=O) groups excluding carboxylic acids is 2. The summed E-state index contributed by atoms with van der Waals surface area (Å²) < 4.78 is 38.6. The Bertz CT molecular complexity index is 494. The van der Waals surface area contributed by atoms with E-state index in [4.69, 9.17) is 10.8 Å². The minimum Gasteiger partial charge on any atom is -0.381 e. The number of amides is 2. The second-order valence-corrected chi connectivity index (χ2v) is 3.35. The third-order valence-electron chi connectivity index (χ3n) is 2.06. The quantitative estimate of drug-likeness (QED) is 0.649. The van der Waals surface area contributed by atoms with Gasteiger partial charge in [0, 0.05) is 0 Å². The lowest BCUT2D eigenvalue weighted by Gasteiger charge is -2.09. The molecule has 98 valence electrons. The van der Waals surface area contributed by atoms with Crippen LogP contribution >= 0.6 is 0 Å². The predicted molar refractivity (Wildman–Crippen MR) is 53.9 cm³/mol. The molecule has 0 saturated carbocycles. The Hall–Kier alpha value is -2.09. The van der Waals surface area contributed by atoms with E-state index in [1.807, 2.05) is 5.32 Å². The van der Waals surface area contributed by atoms with E-state index in [-0.39, 0.29) is 0 Å². The van der Waals surface area contributed by atoms with Crippen molar-refractivity contribution in [2.75, 3.05) is 6.54 Å². The summed E-state index contributed by atoms with van der Waals surface area (Å²) in [6.07, 6.45) is -1.65. The van der Waals surface area contributed by atoms with Crippen LogP contribution in [0.25, 0.3) is 0 Å². The second-order valence-electron chi connectivity index (χ2n) is 3.35. The topological polar surface area (TPSA) is 92.4 Å². The van der Waals surface area contributed by atoms with Crippen molar-refractivity contribution in [1.29, 1.82) is 0 Å². The van der Waals surface area contributed by atoms with Crippen molar-refractivity contribution in [3.8, 4) is 0 Å². The second kappa shape index (κ2) is 5.50. The van der Waals surface area contributed by atoms with Gasteiger partial charge in [-0.2, -0.15) is 0 Å². The number of primary amides is 1. The molecule has 8 heteroatoms. The highest BCUT2D eigenvalue weighted by atomic mass is 19.2. The summed E-state index contributed by atoms with van der Waals surface area (Å²) in [6.45, 7) is -0.563. The van der Waals surface area contributed by atoms with Crippen molar-refractivity contribution in [3.63, 3.8) is 0 Å². The highest BCUT2D eigenvalue weighted by Crippen LogP contribution is 2.14. The first-order valence-electron chi connectivity index (χ1n) is 4.73. The summed E-state index contributed by atoms with van der Waals surface area (Å²) >= 11 is 0. The number of nitrogens with one attached hydrogen (secondary N) is 1. The number of rotatable bonds is 4. The molecule has 0 saturated heterocycles. The van der Waals surface area contributed by atoms with Crippen molar-refractivity contribution < 1.29 is 27.9 Å². The van der Waals surface area contributed by atoms with Crippen molar-refractivity contribution in [2.24, 2.45) is 5.73 Å². The van der Waals surface area contributed by atoms with Gasteiger partial charge in [-0.15, -0.1) is 0 Å². The van der Waals surface area contributed by atoms with Gasteiger partial charge in [-0.3, -0.25) is 9.59 Å². The van der Waals surface area contributed by atoms with E-state index >= 15 is 0 Å². The van der Waals surface area contributed by atoms with Crippen molar-refractivity contribution >= 4 is 11.8 Å². The Balaban J connectivity index is 2.80. The normalized spacial score (nSPS) is 12.0. The molecule has 4 N–H and O–H groups in total. The molecule has 0 aliphatic heterocycles. The lowest BCUT2D eigenvalue weighted by atomic mass is 10.2. The summed E-state index contributed by atoms with van der Waals surface area (Å²) in [6, 6.07) is 1.32. The molecule has 1 aromatic carbocycles. The lowest BCUT2D eigenvalue weighted by molar-refractivity contribution is -0.125. The Kier molecular flexibility index (Phi) is 4.27. The fraction of sp³-hybridized carbons (Fsp3) is 0.200. The predicted octanol–water partition coefficient (Wildman–Crippen LogP) is -0.320. The molecule has 0 fully saturated rings. The number of nitrogens with two attached hydrogens (primary N) is 1. The van der Waals surface area contributed by atoms with Crippen LogP contribution in [0.5, 0.6) is 0 Å². The monoisotopic (exact) mass is 262 g/mol. The number of aliphatic hydroxyl groups is 1. The summed E-state index contributed by atoms with van der Waals surface area (Å²) in [4.78, 5) is 21.8. The van der Waals surface area contributed by atoms with Crippen LogP contribution in [0.1, 0.15) is 10.4 Å². The van der Waals surface area contributed by atoms with Crippen molar-refractivity contribution in [2.45, 2.75) is 6.10 Å². The minimum atomic E-state index is -1.78. The van der Waals surface area contributed by atoms with E-state index in [0.29, 0.717) is 6.07 Å². The molecule has 5 nitrogen and oxygen atoms in total. The molecule has 0 spiro atoms. The van der Waals surface area contributed by atoms with Gasteiger partial charge in [0.05, 0.1) is 12.1 Å². The Morgan fingerprint density at radius 3 is 2.44 bits per heavy atom. The molecule has 0 bridgehead atoms. The standard InChI is InChI=1S/C10H9F3N2O3/c11-5-2-1-4(7(12)8(5)13)10(18)15-3-6(16)9(14)17/h1-2,6,16H,3H2,(H2,14,17)(H,15,18). The van der Waals surface area contributed by atoms with Gasteiger partial charge in [0.1, 0.15) is 6.10 Å². The van der Waals surface area contributed by atoms with E-state index in [9.17, 15) is 22.8 Å². The maximum absolute atomic E-state index is 13.2. The summed E-state index contributed by atoms with van der Waals surface area (Å²) in [7, 11) is 0. The van der Waals surface area contributed by atoms with Crippen LogP contribution in [-0.4, -0.2) is 29.6 Å². The van der Waals surface area contributed by atoms with Crippen LogP contribution in [0.2, 0.25) is 0 Å². The van der Waals surface area contributed by atoms with E-state index in [0.717, 1.165) is 6.07 Å². The molecule has 0 aliphatic rings. The molecule has 0 aliphatic carbocycles. The summed E-state index contributed by atoms with van der Waals surface area (Å²) in [5, 5.41) is 10.9. The zero-order valence-electron chi connectivity index (χ0n) is 8.91. The highest BCUT2D eigenvalue weighted by molar-refractivity contribution is 5.94. The van der Waals surface area contributed by atoms with Crippen LogP contribution in [0, 0.1) is 17.5 Å². The van der Waals surface area contributed by atoms with Gasteiger partial charge in [0.2, 0.25) is 5.91 Å². The van der Waals surface area contributed by atoms with Gasteiger partial charge < -0.3 is 16.2 Å². The van der Waals surface area contributed by atoms with Crippen molar-refractivity contribution in [1.82, 2.24) is 5.32 Å². The highest BCUT2D eigenvalue weighted by Gasteiger charge is 2.20. The van der Waals surface area contributed by atoms with E-state index in [1.165, 1.54) is 0 Å². The molecule has 1 atom stereocenters. The molecule has 18 heavy (non-hydrogen) atoms. The number of hydrogen-bond acceptors (Lipinski definition) is 3. The number of hydrogen-bond donors (Lipinski definition) is 3. The molecule has 1 unspecified atom stereocenters. The molecule has 0 aromatic heterocycles. The fourth-order valence-electron chi connectivity index (χ4n) is 1.09. The average Bonchev–Trinajstić information content (AvgIpc) is 2.32. The van der Waals surface area contributed by atoms with E-state index in [2.05, 4.69) is 0 Å². The fourth-order valence-corrected chi connectivity index (χ4v) is 1.09. The van der Waals surface area contributed by atoms with Gasteiger partial charge in [-0.05, 0) is 12.1 Å². The minimum absolute atomic E-state index is 0.563.